The van der Waals surface area contributed by atoms with Gasteiger partial charge in [-0.25, -0.2) is 0 Å². The third kappa shape index (κ3) is 2.99. The molecule has 1 fully saturated rings. The molecule has 2 rings (SSSR count). The first kappa shape index (κ1) is 12.8. The van der Waals surface area contributed by atoms with Crippen molar-refractivity contribution in [1.82, 2.24) is 10.3 Å². The Kier molecular flexibility index (Phi) is 4.54. The molecule has 0 aliphatic carbocycles. The molecule has 1 N–H and O–H groups in total. The smallest absolute Gasteiger partial charge is 0.101 e. The van der Waals surface area contributed by atoms with Gasteiger partial charge < -0.3 is 10.2 Å². The van der Waals surface area contributed by atoms with Crippen LogP contribution in [0.15, 0.2) is 18.5 Å². The van der Waals surface area contributed by atoms with Gasteiger partial charge in [-0.05, 0) is 44.8 Å². The largest absolute Gasteiger partial charge is 0.369 e. The van der Waals surface area contributed by atoms with Crippen LogP contribution >= 0.6 is 0 Å². The van der Waals surface area contributed by atoms with Crippen LogP contribution in [0.1, 0.15) is 24.8 Å². The number of nitriles is 1. The summed E-state index contributed by atoms with van der Waals surface area (Å²) in [6, 6.07) is 4.04. The molecule has 1 aromatic rings. The van der Waals surface area contributed by atoms with E-state index >= 15 is 0 Å². The average Bonchev–Trinajstić information content (AvgIpc) is 2.45. The Labute approximate surface area is 109 Å². The minimum atomic E-state index is 0.735. The zero-order valence-corrected chi connectivity index (χ0v) is 10.9. The average molecular weight is 244 g/mol. The van der Waals surface area contributed by atoms with E-state index in [4.69, 9.17) is 5.26 Å². The third-order valence-corrected chi connectivity index (χ3v) is 3.68. The second kappa shape index (κ2) is 6.36. The molecule has 1 saturated heterocycles. The Hall–Kier alpha value is -1.60. The molecule has 0 saturated carbocycles. The lowest BCUT2D eigenvalue weighted by molar-refractivity contribution is 0.378. The molecule has 4 heteroatoms. The van der Waals surface area contributed by atoms with E-state index in [-0.39, 0.29) is 0 Å². The molecule has 1 aromatic heterocycles. The summed E-state index contributed by atoms with van der Waals surface area (Å²) < 4.78 is 0. The Morgan fingerprint density at radius 1 is 1.50 bits per heavy atom. The summed E-state index contributed by atoms with van der Waals surface area (Å²) in [4.78, 5) is 6.43. The molecule has 0 aromatic carbocycles. The predicted octanol–water partition coefficient (Wildman–Crippen LogP) is 1.78. The molecule has 18 heavy (non-hydrogen) atoms. The van der Waals surface area contributed by atoms with Gasteiger partial charge in [0.15, 0.2) is 0 Å². The van der Waals surface area contributed by atoms with Crippen molar-refractivity contribution in [3.05, 3.63) is 24.0 Å². The summed E-state index contributed by atoms with van der Waals surface area (Å²) in [6.07, 6.45) is 7.17. The second-order valence-corrected chi connectivity index (χ2v) is 4.83. The summed E-state index contributed by atoms with van der Waals surface area (Å²) in [7, 11) is 2.00. The summed E-state index contributed by atoms with van der Waals surface area (Å²) in [5.41, 5.74) is 1.73. The normalized spacial score (nSPS) is 16.6. The molecule has 1 aliphatic rings. The van der Waals surface area contributed by atoms with Gasteiger partial charge in [-0.3, -0.25) is 4.98 Å². The zero-order valence-electron chi connectivity index (χ0n) is 10.9. The maximum atomic E-state index is 9.10. The number of anilines is 1. The van der Waals surface area contributed by atoms with Crippen molar-refractivity contribution in [2.45, 2.75) is 19.3 Å². The molecule has 1 aliphatic heterocycles. The van der Waals surface area contributed by atoms with E-state index < -0.39 is 0 Å². The maximum Gasteiger partial charge on any atom is 0.101 e. The highest BCUT2D eigenvalue weighted by molar-refractivity contribution is 5.57. The Morgan fingerprint density at radius 3 is 2.94 bits per heavy atom. The summed E-state index contributed by atoms with van der Waals surface area (Å²) in [5, 5.41) is 12.3. The molecule has 0 bridgehead atoms. The molecular formula is C14H20N4. The van der Waals surface area contributed by atoms with Crippen LogP contribution in [0.5, 0.6) is 0 Å². The number of pyridine rings is 1. The number of piperidine rings is 1. The molecule has 2 heterocycles. The number of hydrogen-bond acceptors (Lipinski definition) is 4. The maximum absolute atomic E-state index is 9.10. The van der Waals surface area contributed by atoms with Crippen molar-refractivity contribution in [3.63, 3.8) is 0 Å². The number of hydrogen-bond donors (Lipinski definition) is 1. The van der Waals surface area contributed by atoms with E-state index in [9.17, 15) is 0 Å². The lowest BCUT2D eigenvalue weighted by Gasteiger charge is -2.33. The van der Waals surface area contributed by atoms with Crippen LogP contribution in [0, 0.1) is 17.2 Å². The number of nitrogens with one attached hydrogen (secondary N) is 1. The highest BCUT2D eigenvalue weighted by atomic mass is 15.1. The van der Waals surface area contributed by atoms with Crippen molar-refractivity contribution in [2.24, 2.45) is 5.92 Å². The molecule has 0 amide bonds. The molecule has 0 atom stereocenters. The van der Waals surface area contributed by atoms with Gasteiger partial charge in [-0.15, -0.1) is 0 Å². The first-order chi connectivity index (χ1) is 8.85. The first-order valence-corrected chi connectivity index (χ1v) is 6.59. The van der Waals surface area contributed by atoms with E-state index in [2.05, 4.69) is 21.3 Å². The quantitative estimate of drug-likeness (QED) is 0.877. The standard InChI is InChI=1S/C14H20N4/c1-16-6-2-12-4-8-18(9-5-12)14-11-17-7-3-13(14)10-15/h3,7,11-12,16H,2,4-6,8-9H2,1H3. The van der Waals surface area contributed by atoms with Gasteiger partial charge in [-0.2, -0.15) is 5.26 Å². The predicted molar refractivity (Wildman–Crippen MR) is 72.4 cm³/mol. The topological polar surface area (TPSA) is 52.0 Å². The van der Waals surface area contributed by atoms with E-state index in [0.717, 1.165) is 36.8 Å². The highest BCUT2D eigenvalue weighted by Gasteiger charge is 2.20. The molecule has 96 valence electrons. The van der Waals surface area contributed by atoms with Crippen molar-refractivity contribution in [2.75, 3.05) is 31.6 Å². The second-order valence-electron chi connectivity index (χ2n) is 4.83. The molecule has 0 spiro atoms. The van der Waals surface area contributed by atoms with Gasteiger partial charge in [-0.1, -0.05) is 0 Å². The fraction of sp³-hybridized carbons (Fsp3) is 0.571. The number of nitrogens with zero attached hydrogens (tertiary/aromatic N) is 3. The van der Waals surface area contributed by atoms with Gasteiger partial charge in [0.1, 0.15) is 6.07 Å². The minimum Gasteiger partial charge on any atom is -0.369 e. The van der Waals surface area contributed by atoms with Gasteiger partial charge in [0.25, 0.3) is 0 Å². The highest BCUT2D eigenvalue weighted by Crippen LogP contribution is 2.26. The van der Waals surface area contributed by atoms with Crippen LogP contribution in [-0.4, -0.2) is 31.7 Å². The van der Waals surface area contributed by atoms with Crippen molar-refractivity contribution in [3.8, 4) is 6.07 Å². The molecule has 0 unspecified atom stereocenters. The van der Waals surface area contributed by atoms with Crippen LogP contribution in [0.2, 0.25) is 0 Å². The SMILES string of the molecule is CNCCC1CCN(c2cnccc2C#N)CC1. The fourth-order valence-electron chi connectivity index (χ4n) is 2.54. The first-order valence-electron chi connectivity index (χ1n) is 6.59. The van der Waals surface area contributed by atoms with E-state index in [1.54, 1.807) is 12.3 Å². The Balaban J connectivity index is 1.95. The fourth-order valence-corrected chi connectivity index (χ4v) is 2.54. The van der Waals surface area contributed by atoms with Crippen LogP contribution in [0.4, 0.5) is 5.69 Å². The summed E-state index contributed by atoms with van der Waals surface area (Å²) in [6.45, 7) is 3.17. The lowest BCUT2D eigenvalue weighted by Crippen LogP contribution is -2.35. The van der Waals surface area contributed by atoms with Crippen LogP contribution < -0.4 is 10.2 Å². The number of rotatable bonds is 4. The van der Waals surface area contributed by atoms with Crippen molar-refractivity contribution in [1.29, 1.82) is 5.26 Å². The van der Waals surface area contributed by atoms with Crippen LogP contribution in [0.25, 0.3) is 0 Å². The van der Waals surface area contributed by atoms with Gasteiger partial charge in [0.05, 0.1) is 17.4 Å². The van der Waals surface area contributed by atoms with Crippen LogP contribution in [0.3, 0.4) is 0 Å². The Bertz CT molecular complexity index is 416. The summed E-state index contributed by atoms with van der Waals surface area (Å²) >= 11 is 0. The third-order valence-electron chi connectivity index (χ3n) is 3.68. The number of aromatic nitrogens is 1. The molecule has 0 radical (unpaired) electrons. The summed E-state index contributed by atoms with van der Waals surface area (Å²) in [5.74, 6) is 0.816. The van der Waals surface area contributed by atoms with Gasteiger partial charge >= 0.3 is 0 Å². The molecular weight excluding hydrogens is 224 g/mol. The van der Waals surface area contributed by atoms with Gasteiger partial charge in [0.2, 0.25) is 0 Å². The van der Waals surface area contributed by atoms with Crippen molar-refractivity contribution < 1.29 is 0 Å². The Morgan fingerprint density at radius 2 is 2.28 bits per heavy atom. The molecule has 4 nitrogen and oxygen atoms in total. The van der Waals surface area contributed by atoms with E-state index in [1.165, 1.54) is 19.3 Å². The van der Waals surface area contributed by atoms with E-state index in [1.807, 2.05) is 13.2 Å². The van der Waals surface area contributed by atoms with Gasteiger partial charge in [0, 0.05) is 19.3 Å². The minimum absolute atomic E-state index is 0.735. The van der Waals surface area contributed by atoms with Crippen molar-refractivity contribution >= 4 is 5.69 Å². The monoisotopic (exact) mass is 244 g/mol. The van der Waals surface area contributed by atoms with Crippen LogP contribution in [-0.2, 0) is 0 Å². The lowest BCUT2D eigenvalue weighted by atomic mass is 9.93. The van der Waals surface area contributed by atoms with E-state index in [0.29, 0.717) is 0 Å². The zero-order chi connectivity index (χ0) is 12.8.